The number of fused-ring (bicyclic) bond motifs is 1. The van der Waals surface area contributed by atoms with Crippen LogP contribution in [0.15, 0.2) is 53.4 Å². The smallest absolute Gasteiger partial charge is 0.251 e. The summed E-state index contributed by atoms with van der Waals surface area (Å²) in [4.78, 5) is 12.7. The SMILES string of the molecule is N#CCCNS(=O)(=O)c1ccc(C(=O)N[C@H]2CCCc3ccccc32)cc1. The van der Waals surface area contributed by atoms with Crippen molar-refractivity contribution in [3.63, 3.8) is 0 Å². The molecule has 0 bridgehead atoms. The number of nitriles is 1. The summed E-state index contributed by atoms with van der Waals surface area (Å²) in [7, 11) is -3.67. The highest BCUT2D eigenvalue weighted by Gasteiger charge is 2.22. The Morgan fingerprint density at radius 1 is 1.15 bits per heavy atom. The Morgan fingerprint density at radius 3 is 2.63 bits per heavy atom. The molecule has 6 nitrogen and oxygen atoms in total. The van der Waals surface area contributed by atoms with Crippen LogP contribution in [0.3, 0.4) is 0 Å². The number of carbonyl (C=O) groups is 1. The predicted molar refractivity (Wildman–Crippen MR) is 101 cm³/mol. The van der Waals surface area contributed by atoms with Gasteiger partial charge in [0.2, 0.25) is 10.0 Å². The zero-order valence-electron chi connectivity index (χ0n) is 14.8. The summed E-state index contributed by atoms with van der Waals surface area (Å²) in [6.07, 6.45) is 3.03. The first kappa shape index (κ1) is 19.1. The normalized spacial score (nSPS) is 16.2. The minimum atomic E-state index is -3.67. The minimum Gasteiger partial charge on any atom is -0.345 e. The Labute approximate surface area is 159 Å². The summed E-state index contributed by atoms with van der Waals surface area (Å²) in [6.45, 7) is 0.0577. The summed E-state index contributed by atoms with van der Waals surface area (Å²) >= 11 is 0. The van der Waals surface area contributed by atoms with Crippen LogP contribution in [0.2, 0.25) is 0 Å². The van der Waals surface area contributed by atoms with Gasteiger partial charge in [-0.05, 0) is 54.7 Å². The molecule has 140 valence electrons. The van der Waals surface area contributed by atoms with Crippen LogP contribution in [0.4, 0.5) is 0 Å². The molecule has 7 heteroatoms. The second-order valence-electron chi connectivity index (χ2n) is 6.45. The zero-order valence-corrected chi connectivity index (χ0v) is 15.6. The number of nitrogens with one attached hydrogen (secondary N) is 2. The number of aryl methyl sites for hydroxylation is 1. The lowest BCUT2D eigenvalue weighted by Crippen LogP contribution is -2.31. The van der Waals surface area contributed by atoms with E-state index in [-0.39, 0.29) is 29.8 Å². The summed E-state index contributed by atoms with van der Waals surface area (Å²) in [5, 5.41) is 11.5. The summed E-state index contributed by atoms with van der Waals surface area (Å²) in [5.74, 6) is -0.224. The van der Waals surface area contributed by atoms with Crippen LogP contribution in [0.25, 0.3) is 0 Å². The van der Waals surface area contributed by atoms with E-state index < -0.39 is 10.0 Å². The van der Waals surface area contributed by atoms with E-state index in [0.717, 1.165) is 24.8 Å². The first-order valence-electron chi connectivity index (χ1n) is 8.86. The van der Waals surface area contributed by atoms with Gasteiger partial charge in [0, 0.05) is 18.5 Å². The van der Waals surface area contributed by atoms with Crippen molar-refractivity contribution in [2.75, 3.05) is 6.54 Å². The molecule has 0 heterocycles. The largest absolute Gasteiger partial charge is 0.345 e. The summed E-state index contributed by atoms with van der Waals surface area (Å²) < 4.78 is 26.6. The van der Waals surface area contributed by atoms with E-state index in [9.17, 15) is 13.2 Å². The van der Waals surface area contributed by atoms with Gasteiger partial charge in [-0.2, -0.15) is 5.26 Å². The molecule has 3 rings (SSSR count). The molecular weight excluding hydrogens is 362 g/mol. The van der Waals surface area contributed by atoms with Gasteiger partial charge in [-0.3, -0.25) is 4.79 Å². The third-order valence-corrected chi connectivity index (χ3v) is 6.11. The number of rotatable bonds is 6. The highest BCUT2D eigenvalue weighted by molar-refractivity contribution is 7.89. The second kappa shape index (κ2) is 8.33. The van der Waals surface area contributed by atoms with E-state index in [2.05, 4.69) is 16.1 Å². The van der Waals surface area contributed by atoms with Crippen molar-refractivity contribution in [2.24, 2.45) is 0 Å². The molecule has 2 N–H and O–H groups in total. The zero-order chi connectivity index (χ0) is 19.3. The predicted octanol–water partition coefficient (Wildman–Crippen LogP) is 2.69. The van der Waals surface area contributed by atoms with E-state index >= 15 is 0 Å². The van der Waals surface area contributed by atoms with Crippen molar-refractivity contribution < 1.29 is 13.2 Å². The number of amides is 1. The Balaban J connectivity index is 1.69. The van der Waals surface area contributed by atoms with Crippen molar-refractivity contribution in [1.29, 1.82) is 5.26 Å². The first-order valence-corrected chi connectivity index (χ1v) is 10.3. The maximum Gasteiger partial charge on any atom is 0.251 e. The van der Waals surface area contributed by atoms with E-state index in [1.807, 2.05) is 24.3 Å². The molecule has 2 aromatic rings. The van der Waals surface area contributed by atoms with Crippen molar-refractivity contribution in [2.45, 2.75) is 36.6 Å². The number of benzene rings is 2. The molecule has 1 amide bonds. The Morgan fingerprint density at radius 2 is 1.89 bits per heavy atom. The minimum absolute atomic E-state index is 0.0292. The Bertz CT molecular complexity index is 963. The molecule has 0 aliphatic heterocycles. The number of carbonyl (C=O) groups excluding carboxylic acids is 1. The van der Waals surface area contributed by atoms with Gasteiger partial charge >= 0.3 is 0 Å². The fourth-order valence-electron chi connectivity index (χ4n) is 3.26. The van der Waals surface area contributed by atoms with Crippen molar-refractivity contribution >= 4 is 15.9 Å². The van der Waals surface area contributed by atoms with Gasteiger partial charge in [0.05, 0.1) is 17.0 Å². The van der Waals surface area contributed by atoms with Crippen LogP contribution in [0.1, 0.15) is 46.8 Å². The molecule has 0 radical (unpaired) electrons. The van der Waals surface area contributed by atoms with Crippen LogP contribution < -0.4 is 10.0 Å². The third kappa shape index (κ3) is 4.54. The van der Waals surface area contributed by atoms with Gasteiger partial charge < -0.3 is 5.32 Å². The maximum absolute atomic E-state index is 12.6. The van der Waals surface area contributed by atoms with Gasteiger partial charge in [0.15, 0.2) is 0 Å². The van der Waals surface area contributed by atoms with Crippen LogP contribution in [-0.4, -0.2) is 20.9 Å². The van der Waals surface area contributed by atoms with Gasteiger partial charge in [0.25, 0.3) is 5.91 Å². The molecule has 2 aromatic carbocycles. The number of nitrogens with zero attached hydrogens (tertiary/aromatic N) is 1. The highest BCUT2D eigenvalue weighted by Crippen LogP contribution is 2.29. The molecule has 0 saturated carbocycles. The highest BCUT2D eigenvalue weighted by atomic mass is 32.2. The van der Waals surface area contributed by atoms with E-state index in [1.54, 1.807) is 0 Å². The third-order valence-electron chi connectivity index (χ3n) is 4.63. The molecule has 1 aliphatic rings. The van der Waals surface area contributed by atoms with Crippen LogP contribution in [-0.2, 0) is 16.4 Å². The molecule has 0 spiro atoms. The van der Waals surface area contributed by atoms with E-state index in [1.165, 1.54) is 29.8 Å². The van der Waals surface area contributed by atoms with Crippen LogP contribution in [0.5, 0.6) is 0 Å². The molecule has 0 fully saturated rings. The summed E-state index contributed by atoms with van der Waals surface area (Å²) in [6, 6.07) is 15.8. The van der Waals surface area contributed by atoms with Gasteiger partial charge in [-0.15, -0.1) is 0 Å². The molecule has 0 unspecified atom stereocenters. The first-order chi connectivity index (χ1) is 13.0. The van der Waals surface area contributed by atoms with Crippen molar-refractivity contribution in [3.05, 3.63) is 65.2 Å². The average molecular weight is 383 g/mol. The van der Waals surface area contributed by atoms with E-state index in [0.29, 0.717) is 5.56 Å². The monoisotopic (exact) mass is 383 g/mol. The lowest BCUT2D eigenvalue weighted by molar-refractivity contribution is 0.0932. The molecule has 0 aromatic heterocycles. The lowest BCUT2D eigenvalue weighted by atomic mass is 9.87. The maximum atomic E-state index is 12.6. The van der Waals surface area contributed by atoms with Crippen LogP contribution in [0, 0.1) is 11.3 Å². The van der Waals surface area contributed by atoms with Gasteiger partial charge in [-0.1, -0.05) is 24.3 Å². The average Bonchev–Trinajstić information content (AvgIpc) is 2.68. The topological polar surface area (TPSA) is 99.1 Å². The summed E-state index contributed by atoms with van der Waals surface area (Å²) in [5.41, 5.74) is 2.82. The quantitative estimate of drug-likeness (QED) is 0.749. The fraction of sp³-hybridized carbons (Fsp3) is 0.300. The van der Waals surface area contributed by atoms with Gasteiger partial charge in [-0.25, -0.2) is 13.1 Å². The fourth-order valence-corrected chi connectivity index (χ4v) is 4.29. The molecule has 27 heavy (non-hydrogen) atoms. The standard InChI is InChI=1S/C20H21N3O3S/c21-13-4-14-22-27(25,26)17-11-9-16(10-12-17)20(24)23-19-8-3-6-15-5-1-2-7-18(15)19/h1-2,5,7,9-12,19,22H,3-4,6,8,14H2,(H,23,24)/t19-/m0/s1. The Hall–Kier alpha value is -2.69. The van der Waals surface area contributed by atoms with Crippen molar-refractivity contribution in [3.8, 4) is 6.07 Å². The molecular formula is C20H21N3O3S. The Kier molecular flexibility index (Phi) is 5.89. The van der Waals surface area contributed by atoms with Gasteiger partial charge in [0.1, 0.15) is 0 Å². The number of hydrogen-bond acceptors (Lipinski definition) is 4. The van der Waals surface area contributed by atoms with Crippen LogP contribution >= 0.6 is 0 Å². The second-order valence-corrected chi connectivity index (χ2v) is 8.21. The molecule has 1 atom stereocenters. The van der Waals surface area contributed by atoms with Crippen molar-refractivity contribution in [1.82, 2.24) is 10.0 Å². The van der Waals surface area contributed by atoms with E-state index in [4.69, 9.17) is 5.26 Å². The molecule has 0 saturated heterocycles. The number of hydrogen-bond donors (Lipinski definition) is 2. The molecule has 1 aliphatic carbocycles. The lowest BCUT2D eigenvalue weighted by Gasteiger charge is -2.26. The number of sulfonamides is 1.